The van der Waals surface area contributed by atoms with Gasteiger partial charge in [-0.05, 0) is 67.8 Å². The van der Waals surface area contributed by atoms with Crippen molar-refractivity contribution in [2.45, 2.75) is 25.7 Å². The molecule has 0 aliphatic rings. The monoisotopic (exact) mass is 383 g/mol. The number of nitrogens with one attached hydrogen (secondary N) is 1. The minimum Gasteiger partial charge on any atom is -0.496 e. The summed E-state index contributed by atoms with van der Waals surface area (Å²) in [5.41, 5.74) is 2.30. The minimum absolute atomic E-state index is 0.161. The van der Waals surface area contributed by atoms with Gasteiger partial charge < -0.3 is 9.47 Å². The highest BCUT2D eigenvalue weighted by molar-refractivity contribution is 7.89. The SMILES string of the molecule is COc1cc(C)c(S(=O)(=O)NCCOc2ccc(Cl)c(C)c2)cc1C. The van der Waals surface area contributed by atoms with E-state index in [0.29, 0.717) is 22.1 Å². The van der Waals surface area contributed by atoms with E-state index < -0.39 is 10.0 Å². The van der Waals surface area contributed by atoms with Crippen molar-refractivity contribution in [2.75, 3.05) is 20.3 Å². The predicted octanol–water partition coefficient (Wildman–Crippen LogP) is 3.63. The van der Waals surface area contributed by atoms with Crippen LogP contribution in [0.4, 0.5) is 0 Å². The zero-order valence-corrected chi connectivity index (χ0v) is 16.3. The molecule has 136 valence electrons. The van der Waals surface area contributed by atoms with Crippen LogP contribution >= 0.6 is 11.6 Å². The Morgan fingerprint density at radius 2 is 1.76 bits per heavy atom. The normalized spacial score (nSPS) is 11.4. The molecule has 0 saturated heterocycles. The van der Waals surface area contributed by atoms with Crippen molar-refractivity contribution in [3.8, 4) is 11.5 Å². The fraction of sp³-hybridized carbons (Fsp3) is 0.333. The van der Waals surface area contributed by atoms with Gasteiger partial charge in [0, 0.05) is 11.6 Å². The molecule has 0 amide bonds. The Balaban J connectivity index is 2.00. The Kier molecular flexibility index (Phi) is 6.32. The van der Waals surface area contributed by atoms with E-state index >= 15 is 0 Å². The second-order valence-corrected chi connectivity index (χ2v) is 7.89. The Hall–Kier alpha value is -1.76. The number of hydrogen-bond donors (Lipinski definition) is 1. The molecule has 0 atom stereocenters. The van der Waals surface area contributed by atoms with E-state index in [9.17, 15) is 8.42 Å². The Morgan fingerprint density at radius 3 is 2.40 bits per heavy atom. The third kappa shape index (κ3) is 4.87. The number of sulfonamides is 1. The number of methoxy groups -OCH3 is 1. The van der Waals surface area contributed by atoms with Crippen LogP contribution in [0, 0.1) is 20.8 Å². The zero-order chi connectivity index (χ0) is 18.6. The molecule has 0 aromatic heterocycles. The summed E-state index contributed by atoms with van der Waals surface area (Å²) in [6.07, 6.45) is 0. The summed E-state index contributed by atoms with van der Waals surface area (Å²) in [5, 5.41) is 0.665. The molecule has 2 rings (SSSR count). The van der Waals surface area contributed by atoms with Crippen LogP contribution in [-0.4, -0.2) is 28.7 Å². The lowest BCUT2D eigenvalue weighted by Crippen LogP contribution is -2.29. The quantitative estimate of drug-likeness (QED) is 0.741. The molecule has 1 N–H and O–H groups in total. The van der Waals surface area contributed by atoms with Gasteiger partial charge in [0.05, 0.1) is 12.0 Å². The lowest BCUT2D eigenvalue weighted by atomic mass is 10.1. The fourth-order valence-electron chi connectivity index (χ4n) is 2.40. The van der Waals surface area contributed by atoms with Gasteiger partial charge in [-0.3, -0.25) is 0 Å². The number of hydrogen-bond acceptors (Lipinski definition) is 4. The maximum absolute atomic E-state index is 12.5. The molecule has 0 heterocycles. The molecular formula is C18H22ClNO4S. The van der Waals surface area contributed by atoms with Crippen molar-refractivity contribution in [3.63, 3.8) is 0 Å². The molecule has 0 aliphatic heterocycles. The van der Waals surface area contributed by atoms with Crippen molar-refractivity contribution in [3.05, 3.63) is 52.0 Å². The van der Waals surface area contributed by atoms with Crippen molar-refractivity contribution < 1.29 is 17.9 Å². The van der Waals surface area contributed by atoms with E-state index in [-0.39, 0.29) is 18.0 Å². The van der Waals surface area contributed by atoms with Crippen LogP contribution in [0.5, 0.6) is 11.5 Å². The summed E-state index contributed by atoms with van der Waals surface area (Å²) < 4.78 is 38.3. The Bertz CT molecular complexity index is 866. The molecule has 2 aromatic carbocycles. The average Bonchev–Trinajstić information content (AvgIpc) is 2.56. The highest BCUT2D eigenvalue weighted by Gasteiger charge is 2.18. The Morgan fingerprint density at radius 1 is 1.04 bits per heavy atom. The smallest absolute Gasteiger partial charge is 0.240 e. The van der Waals surface area contributed by atoms with Crippen LogP contribution in [0.1, 0.15) is 16.7 Å². The number of halogens is 1. The third-order valence-corrected chi connectivity index (χ3v) is 5.80. The van der Waals surface area contributed by atoms with Gasteiger partial charge in [-0.1, -0.05) is 11.6 Å². The third-order valence-electron chi connectivity index (χ3n) is 3.77. The molecule has 25 heavy (non-hydrogen) atoms. The number of ether oxygens (including phenoxy) is 2. The first kappa shape index (κ1) is 19.6. The second kappa shape index (κ2) is 8.08. The van der Waals surface area contributed by atoms with Gasteiger partial charge in [0.15, 0.2) is 0 Å². The summed E-state index contributed by atoms with van der Waals surface area (Å²) in [6.45, 7) is 5.81. The van der Waals surface area contributed by atoms with Crippen LogP contribution < -0.4 is 14.2 Å². The number of benzene rings is 2. The maximum atomic E-state index is 12.5. The van der Waals surface area contributed by atoms with Gasteiger partial charge in [-0.2, -0.15) is 0 Å². The van der Waals surface area contributed by atoms with Gasteiger partial charge in [0.1, 0.15) is 18.1 Å². The molecule has 0 bridgehead atoms. The van der Waals surface area contributed by atoms with Crippen molar-refractivity contribution in [2.24, 2.45) is 0 Å². The van der Waals surface area contributed by atoms with Crippen molar-refractivity contribution in [1.29, 1.82) is 0 Å². The zero-order valence-electron chi connectivity index (χ0n) is 14.7. The first-order valence-electron chi connectivity index (χ1n) is 7.78. The topological polar surface area (TPSA) is 64.6 Å². The van der Waals surface area contributed by atoms with Crippen molar-refractivity contribution in [1.82, 2.24) is 4.72 Å². The molecule has 5 nitrogen and oxygen atoms in total. The lowest BCUT2D eigenvalue weighted by molar-refractivity contribution is 0.322. The summed E-state index contributed by atoms with van der Waals surface area (Å²) in [7, 11) is -2.05. The van der Waals surface area contributed by atoms with E-state index in [4.69, 9.17) is 21.1 Å². The van der Waals surface area contributed by atoms with E-state index in [1.807, 2.05) is 19.9 Å². The standard InChI is InChI=1S/C18H22ClNO4S/c1-12-9-15(5-6-16(12)19)24-8-7-20-25(21,22)18-11-13(2)17(23-4)10-14(18)3/h5-6,9-11,20H,7-8H2,1-4H3. The van der Waals surface area contributed by atoms with Gasteiger partial charge >= 0.3 is 0 Å². The lowest BCUT2D eigenvalue weighted by Gasteiger charge is -2.13. The number of rotatable bonds is 7. The Labute approximate surface area is 154 Å². The average molecular weight is 384 g/mol. The van der Waals surface area contributed by atoms with Crippen LogP contribution in [0.2, 0.25) is 5.02 Å². The van der Waals surface area contributed by atoms with E-state index in [1.54, 1.807) is 38.3 Å². The molecular weight excluding hydrogens is 362 g/mol. The highest BCUT2D eigenvalue weighted by Crippen LogP contribution is 2.25. The first-order valence-corrected chi connectivity index (χ1v) is 9.64. The van der Waals surface area contributed by atoms with Crippen molar-refractivity contribution >= 4 is 21.6 Å². The number of aryl methyl sites for hydroxylation is 3. The second-order valence-electron chi connectivity index (χ2n) is 5.74. The van der Waals surface area contributed by atoms with Gasteiger partial charge in [0.2, 0.25) is 10.0 Å². The first-order chi connectivity index (χ1) is 11.7. The van der Waals surface area contributed by atoms with Crippen LogP contribution in [0.3, 0.4) is 0 Å². The molecule has 7 heteroatoms. The van der Waals surface area contributed by atoms with E-state index in [1.165, 1.54) is 0 Å². The van der Waals surface area contributed by atoms with Gasteiger partial charge in [-0.15, -0.1) is 0 Å². The summed E-state index contributed by atoms with van der Waals surface area (Å²) in [4.78, 5) is 0.244. The molecule has 0 unspecified atom stereocenters. The summed E-state index contributed by atoms with van der Waals surface area (Å²) >= 11 is 5.96. The molecule has 0 saturated carbocycles. The molecule has 2 aromatic rings. The highest BCUT2D eigenvalue weighted by atomic mass is 35.5. The van der Waals surface area contributed by atoms with E-state index in [2.05, 4.69) is 4.72 Å². The largest absolute Gasteiger partial charge is 0.496 e. The van der Waals surface area contributed by atoms with Gasteiger partial charge in [-0.25, -0.2) is 13.1 Å². The van der Waals surface area contributed by atoms with Gasteiger partial charge in [0.25, 0.3) is 0 Å². The van der Waals surface area contributed by atoms with Crippen LogP contribution in [-0.2, 0) is 10.0 Å². The fourth-order valence-corrected chi connectivity index (χ4v) is 3.84. The predicted molar refractivity (Wildman–Crippen MR) is 99.3 cm³/mol. The van der Waals surface area contributed by atoms with Crippen LogP contribution in [0.25, 0.3) is 0 Å². The molecule has 0 radical (unpaired) electrons. The minimum atomic E-state index is -3.61. The maximum Gasteiger partial charge on any atom is 0.240 e. The van der Waals surface area contributed by atoms with E-state index in [0.717, 1.165) is 11.1 Å². The summed E-state index contributed by atoms with van der Waals surface area (Å²) in [5.74, 6) is 1.32. The summed E-state index contributed by atoms with van der Waals surface area (Å²) in [6, 6.07) is 8.64. The molecule has 0 aliphatic carbocycles. The van der Waals surface area contributed by atoms with Crippen LogP contribution in [0.15, 0.2) is 35.2 Å². The molecule has 0 spiro atoms. The molecule has 0 fully saturated rings.